The van der Waals surface area contributed by atoms with Gasteiger partial charge in [-0.1, -0.05) is 0 Å². The summed E-state index contributed by atoms with van der Waals surface area (Å²) >= 11 is 4.04. The van der Waals surface area contributed by atoms with Crippen LogP contribution < -0.4 is 5.56 Å². The number of hydrogen-bond acceptors (Lipinski definition) is 3. The number of nitrogens with zero attached hydrogens (tertiary/aromatic N) is 2. The van der Waals surface area contributed by atoms with E-state index in [1.165, 1.54) is 15.1 Å². The predicted molar refractivity (Wildman–Crippen MR) is 97.9 cm³/mol. The molecule has 0 saturated heterocycles. The van der Waals surface area contributed by atoms with Gasteiger partial charge in [0.2, 0.25) is 0 Å². The fourth-order valence-electron chi connectivity index (χ4n) is 2.86. The number of aryl methyl sites for hydroxylation is 2. The molecule has 0 amide bonds. The summed E-state index contributed by atoms with van der Waals surface area (Å²) in [7, 11) is 0. The van der Waals surface area contributed by atoms with E-state index in [9.17, 15) is 4.79 Å². The summed E-state index contributed by atoms with van der Waals surface area (Å²) in [5, 5.41) is 6.81. The van der Waals surface area contributed by atoms with Crippen LogP contribution in [0.4, 0.5) is 0 Å². The average Bonchev–Trinajstić information content (AvgIpc) is 2.91. The molecule has 4 rings (SSSR count). The second kappa shape index (κ2) is 5.62. The SMILES string of the molecule is O=c1cc2c(nn1-c1ccc(I)cc1)-c1ccsc1CCC2. The van der Waals surface area contributed by atoms with E-state index >= 15 is 0 Å². The summed E-state index contributed by atoms with van der Waals surface area (Å²) in [4.78, 5) is 13.8. The van der Waals surface area contributed by atoms with Crippen molar-refractivity contribution in [3.8, 4) is 16.9 Å². The Morgan fingerprint density at radius 3 is 2.77 bits per heavy atom. The second-order valence-electron chi connectivity index (χ2n) is 5.36. The van der Waals surface area contributed by atoms with E-state index in [0.29, 0.717) is 0 Å². The number of hydrogen-bond donors (Lipinski definition) is 0. The first kappa shape index (κ1) is 14.1. The molecule has 1 aromatic carbocycles. The normalized spacial score (nSPS) is 13.3. The third-order valence-corrected chi connectivity index (χ3v) is 5.63. The molecule has 0 aliphatic heterocycles. The van der Waals surface area contributed by atoms with E-state index < -0.39 is 0 Å². The molecule has 3 aromatic rings. The molecule has 1 aliphatic rings. The van der Waals surface area contributed by atoms with Crippen molar-refractivity contribution in [3.63, 3.8) is 0 Å². The van der Waals surface area contributed by atoms with Gasteiger partial charge in [0.05, 0.1) is 11.4 Å². The maximum absolute atomic E-state index is 12.4. The Hall–Kier alpha value is -1.47. The largest absolute Gasteiger partial charge is 0.271 e. The highest BCUT2D eigenvalue weighted by molar-refractivity contribution is 14.1. The second-order valence-corrected chi connectivity index (χ2v) is 7.60. The lowest BCUT2D eigenvalue weighted by Crippen LogP contribution is -2.22. The molecule has 0 N–H and O–H groups in total. The molecule has 22 heavy (non-hydrogen) atoms. The molecule has 0 spiro atoms. The van der Waals surface area contributed by atoms with Gasteiger partial charge in [-0.05, 0) is 83.1 Å². The maximum atomic E-state index is 12.4. The van der Waals surface area contributed by atoms with E-state index in [1.54, 1.807) is 17.4 Å². The topological polar surface area (TPSA) is 34.9 Å². The van der Waals surface area contributed by atoms with Crippen LogP contribution in [0, 0.1) is 3.57 Å². The van der Waals surface area contributed by atoms with Crippen LogP contribution >= 0.6 is 33.9 Å². The fraction of sp³-hybridized carbons (Fsp3) is 0.176. The Labute approximate surface area is 145 Å². The van der Waals surface area contributed by atoms with Crippen LogP contribution in [-0.2, 0) is 12.8 Å². The lowest BCUT2D eigenvalue weighted by atomic mass is 10.1. The van der Waals surface area contributed by atoms with Crippen molar-refractivity contribution in [2.45, 2.75) is 19.3 Å². The van der Waals surface area contributed by atoms with E-state index in [1.807, 2.05) is 24.3 Å². The van der Waals surface area contributed by atoms with Gasteiger partial charge in [-0.2, -0.15) is 9.78 Å². The molecule has 0 fully saturated rings. The fourth-order valence-corrected chi connectivity index (χ4v) is 4.14. The van der Waals surface area contributed by atoms with Crippen molar-refractivity contribution in [1.82, 2.24) is 9.78 Å². The zero-order valence-corrected chi connectivity index (χ0v) is 14.7. The van der Waals surface area contributed by atoms with Crippen molar-refractivity contribution in [1.29, 1.82) is 0 Å². The first-order valence-corrected chi connectivity index (χ1v) is 9.14. The zero-order chi connectivity index (χ0) is 15.1. The van der Waals surface area contributed by atoms with Crippen LogP contribution in [0.2, 0.25) is 0 Å². The van der Waals surface area contributed by atoms with Gasteiger partial charge in [0.25, 0.3) is 5.56 Å². The standard InChI is InChI=1S/C17H13IN2OS/c18-12-4-6-13(7-5-12)20-16(21)10-11-2-1-3-15-14(8-9-22-15)17(11)19-20/h4-10H,1-3H2. The molecule has 2 aromatic heterocycles. The number of aromatic nitrogens is 2. The van der Waals surface area contributed by atoms with Crippen molar-refractivity contribution in [2.24, 2.45) is 0 Å². The molecule has 0 unspecified atom stereocenters. The van der Waals surface area contributed by atoms with Gasteiger partial charge >= 0.3 is 0 Å². The van der Waals surface area contributed by atoms with Crippen LogP contribution in [-0.4, -0.2) is 9.78 Å². The quantitative estimate of drug-likeness (QED) is 0.557. The molecular formula is C17H13IN2OS. The number of benzene rings is 1. The van der Waals surface area contributed by atoms with Gasteiger partial charge in [0, 0.05) is 20.1 Å². The van der Waals surface area contributed by atoms with Gasteiger partial charge < -0.3 is 0 Å². The Bertz CT molecular complexity index is 896. The average molecular weight is 420 g/mol. The maximum Gasteiger partial charge on any atom is 0.271 e. The number of fused-ring (bicyclic) bond motifs is 3. The molecular weight excluding hydrogens is 407 g/mol. The van der Waals surface area contributed by atoms with Crippen molar-refractivity contribution < 1.29 is 0 Å². The molecule has 2 heterocycles. The Morgan fingerprint density at radius 1 is 1.14 bits per heavy atom. The highest BCUT2D eigenvalue weighted by Gasteiger charge is 2.19. The molecule has 0 atom stereocenters. The van der Waals surface area contributed by atoms with E-state index in [0.717, 1.165) is 39.8 Å². The molecule has 5 heteroatoms. The highest BCUT2D eigenvalue weighted by atomic mass is 127. The summed E-state index contributed by atoms with van der Waals surface area (Å²) in [5.41, 5.74) is 3.99. The van der Waals surface area contributed by atoms with Gasteiger partial charge in [-0.3, -0.25) is 4.79 Å². The lowest BCUT2D eigenvalue weighted by molar-refractivity contribution is 0.786. The van der Waals surface area contributed by atoms with Crippen molar-refractivity contribution in [2.75, 3.05) is 0 Å². The Morgan fingerprint density at radius 2 is 1.95 bits per heavy atom. The van der Waals surface area contributed by atoms with Gasteiger partial charge in [0.15, 0.2) is 0 Å². The summed E-state index contributed by atoms with van der Waals surface area (Å²) in [6, 6.07) is 11.7. The van der Waals surface area contributed by atoms with Crippen LogP contribution in [0.3, 0.4) is 0 Å². The van der Waals surface area contributed by atoms with Crippen molar-refractivity contribution >= 4 is 33.9 Å². The highest BCUT2D eigenvalue weighted by Crippen LogP contribution is 2.33. The summed E-state index contributed by atoms with van der Waals surface area (Å²) < 4.78 is 2.66. The van der Waals surface area contributed by atoms with Crippen LogP contribution in [0.5, 0.6) is 0 Å². The monoisotopic (exact) mass is 420 g/mol. The van der Waals surface area contributed by atoms with Crippen LogP contribution in [0.1, 0.15) is 16.9 Å². The molecule has 0 saturated carbocycles. The number of thiophene rings is 1. The summed E-state index contributed by atoms with van der Waals surface area (Å²) in [6.45, 7) is 0. The van der Waals surface area contributed by atoms with Crippen molar-refractivity contribution in [3.05, 3.63) is 66.1 Å². The number of rotatable bonds is 1. The predicted octanol–water partition coefficient (Wildman–Crippen LogP) is 4.05. The first-order valence-electron chi connectivity index (χ1n) is 7.18. The third kappa shape index (κ3) is 2.42. The molecule has 0 bridgehead atoms. The third-order valence-electron chi connectivity index (χ3n) is 3.93. The summed E-state index contributed by atoms with van der Waals surface area (Å²) in [6.07, 6.45) is 3.07. The minimum atomic E-state index is -0.0568. The van der Waals surface area contributed by atoms with E-state index in [2.05, 4.69) is 34.0 Å². The van der Waals surface area contributed by atoms with Gasteiger partial charge in [-0.25, -0.2) is 0 Å². The molecule has 110 valence electrons. The minimum Gasteiger partial charge on any atom is -0.267 e. The smallest absolute Gasteiger partial charge is 0.267 e. The Kier molecular flexibility index (Phi) is 3.62. The zero-order valence-electron chi connectivity index (χ0n) is 11.8. The minimum absolute atomic E-state index is 0.0568. The van der Waals surface area contributed by atoms with Crippen LogP contribution in [0.25, 0.3) is 16.9 Å². The Balaban J connectivity index is 1.94. The van der Waals surface area contributed by atoms with Gasteiger partial charge in [-0.15, -0.1) is 11.3 Å². The lowest BCUT2D eigenvalue weighted by Gasteiger charge is -2.10. The summed E-state index contributed by atoms with van der Waals surface area (Å²) in [5.74, 6) is 0. The number of halogens is 1. The molecule has 3 nitrogen and oxygen atoms in total. The first-order chi connectivity index (χ1) is 10.7. The van der Waals surface area contributed by atoms with Gasteiger partial charge in [0.1, 0.15) is 0 Å². The van der Waals surface area contributed by atoms with Crippen LogP contribution in [0.15, 0.2) is 46.6 Å². The molecule has 1 aliphatic carbocycles. The van der Waals surface area contributed by atoms with E-state index in [4.69, 9.17) is 5.10 Å². The van der Waals surface area contributed by atoms with E-state index in [-0.39, 0.29) is 5.56 Å². The molecule has 0 radical (unpaired) electrons.